The fraction of sp³-hybridized carbons (Fsp3) is 0.350. The van der Waals surface area contributed by atoms with Crippen LogP contribution in [-0.4, -0.2) is 36.7 Å². The van der Waals surface area contributed by atoms with Gasteiger partial charge in [0.15, 0.2) is 0 Å². The number of carbonyl (C=O) groups excluding carboxylic acids is 1. The molecule has 4 rings (SSSR count). The van der Waals surface area contributed by atoms with E-state index in [0.717, 1.165) is 43.7 Å². The molecule has 2 bridgehead atoms. The summed E-state index contributed by atoms with van der Waals surface area (Å²) >= 11 is 0. The van der Waals surface area contributed by atoms with E-state index in [-0.39, 0.29) is 11.7 Å². The molecule has 0 radical (unpaired) electrons. The molecule has 0 saturated carbocycles. The second-order valence-corrected chi connectivity index (χ2v) is 6.66. The molecule has 0 N–H and O–H groups in total. The lowest BCUT2D eigenvalue weighted by atomic mass is 9.94. The van der Waals surface area contributed by atoms with E-state index in [2.05, 4.69) is 17.0 Å². The van der Waals surface area contributed by atoms with Gasteiger partial charge in [-0.25, -0.2) is 4.79 Å². The normalized spacial score (nSPS) is 23.7. The summed E-state index contributed by atoms with van der Waals surface area (Å²) in [6.07, 6.45) is 6.28. The first-order valence-electron chi connectivity index (χ1n) is 8.54. The van der Waals surface area contributed by atoms with Crippen molar-refractivity contribution >= 4 is 12.0 Å². The molecule has 25 heavy (non-hydrogen) atoms. The van der Waals surface area contributed by atoms with Crippen LogP contribution in [0, 0.1) is 0 Å². The van der Waals surface area contributed by atoms with Crippen LogP contribution in [0.1, 0.15) is 35.4 Å². The Morgan fingerprint density at radius 3 is 3.04 bits per heavy atom. The highest BCUT2D eigenvalue weighted by Crippen LogP contribution is 2.42. The number of methoxy groups -OCH3 is 1. The van der Waals surface area contributed by atoms with Crippen molar-refractivity contribution in [3.63, 3.8) is 0 Å². The summed E-state index contributed by atoms with van der Waals surface area (Å²) in [5.41, 5.74) is 1.85. The third-order valence-corrected chi connectivity index (χ3v) is 4.91. The molecule has 2 saturated heterocycles. The van der Waals surface area contributed by atoms with Gasteiger partial charge in [-0.05, 0) is 48.7 Å². The Morgan fingerprint density at radius 1 is 1.32 bits per heavy atom. The number of nitrogens with zero attached hydrogens (tertiary/aromatic N) is 1. The number of fused-ring (bicyclic) bond motifs is 2. The Kier molecular flexibility index (Phi) is 3.99. The molecule has 2 aromatic rings. The van der Waals surface area contributed by atoms with E-state index in [1.165, 1.54) is 12.0 Å². The molecule has 1 atom stereocenters. The highest BCUT2D eigenvalue weighted by atomic mass is 16.6. The Bertz CT molecular complexity index is 796. The van der Waals surface area contributed by atoms with Crippen LogP contribution in [0.5, 0.6) is 5.75 Å². The predicted molar refractivity (Wildman–Crippen MR) is 93.2 cm³/mol. The summed E-state index contributed by atoms with van der Waals surface area (Å²) in [5, 5.41) is 0. The summed E-state index contributed by atoms with van der Waals surface area (Å²) < 4.78 is 16.4. The zero-order valence-corrected chi connectivity index (χ0v) is 14.2. The Morgan fingerprint density at radius 2 is 2.24 bits per heavy atom. The molecule has 0 aliphatic carbocycles. The van der Waals surface area contributed by atoms with Crippen molar-refractivity contribution in [2.45, 2.75) is 24.9 Å². The van der Waals surface area contributed by atoms with Crippen LogP contribution in [0.4, 0.5) is 0 Å². The summed E-state index contributed by atoms with van der Waals surface area (Å²) in [5.74, 6) is 0.718. The minimum absolute atomic E-state index is 0.261. The smallest absolute Gasteiger partial charge is 0.374 e. The van der Waals surface area contributed by atoms with E-state index in [4.69, 9.17) is 13.9 Å². The molecule has 130 valence electrons. The molecule has 1 unspecified atom stereocenters. The Hall–Kier alpha value is -2.69. The fourth-order valence-electron chi connectivity index (χ4n) is 3.76. The number of carbonyl (C=O) groups is 1. The highest BCUT2D eigenvalue weighted by molar-refractivity contribution is 5.86. The van der Waals surface area contributed by atoms with Gasteiger partial charge in [0.05, 0.1) is 19.9 Å². The summed E-state index contributed by atoms with van der Waals surface area (Å²) in [7, 11) is 1.67. The Balaban J connectivity index is 1.56. The lowest BCUT2D eigenvalue weighted by molar-refractivity contribution is -0.0296. The van der Waals surface area contributed by atoms with E-state index < -0.39 is 5.60 Å². The lowest BCUT2D eigenvalue weighted by Gasteiger charge is -2.33. The number of ether oxygens (including phenoxy) is 2. The fourth-order valence-corrected chi connectivity index (χ4v) is 3.76. The maximum Gasteiger partial charge on any atom is 0.374 e. The molecule has 5 heteroatoms. The number of rotatable bonds is 4. The average Bonchev–Trinajstić information content (AvgIpc) is 3.23. The third kappa shape index (κ3) is 3.14. The van der Waals surface area contributed by atoms with Gasteiger partial charge in [0.1, 0.15) is 11.4 Å². The summed E-state index contributed by atoms with van der Waals surface area (Å²) in [6.45, 7) is 1.74. The lowest BCUT2D eigenvalue weighted by Crippen LogP contribution is -2.42. The molecule has 3 heterocycles. The molecular weight excluding hydrogens is 318 g/mol. The monoisotopic (exact) mass is 339 g/mol. The number of hydrogen-bond acceptors (Lipinski definition) is 5. The van der Waals surface area contributed by atoms with Crippen LogP contribution >= 0.6 is 0 Å². The molecule has 5 nitrogen and oxygen atoms in total. The second kappa shape index (κ2) is 6.31. The standard InChI is InChI=1S/C20H21NO4/c1-23-17-6-2-5-15(12-17)11-16-13-20(8-4-9-21(16)14-20)25-19(22)18-7-3-10-24-18/h2-3,5-7,10-12H,4,8-9,13-14H2,1H3/b16-11+. The zero-order chi connectivity index (χ0) is 17.3. The first-order chi connectivity index (χ1) is 12.2. The second-order valence-electron chi connectivity index (χ2n) is 6.66. The molecule has 0 amide bonds. The minimum atomic E-state index is -0.452. The molecule has 2 aliphatic rings. The van der Waals surface area contributed by atoms with Crippen molar-refractivity contribution < 1.29 is 18.7 Å². The third-order valence-electron chi connectivity index (χ3n) is 4.91. The van der Waals surface area contributed by atoms with Crippen molar-refractivity contribution in [2.24, 2.45) is 0 Å². The van der Waals surface area contributed by atoms with Gasteiger partial charge in [-0.1, -0.05) is 12.1 Å². The number of benzene rings is 1. The van der Waals surface area contributed by atoms with E-state index in [0.29, 0.717) is 0 Å². The van der Waals surface area contributed by atoms with Gasteiger partial charge in [-0.15, -0.1) is 0 Å². The van der Waals surface area contributed by atoms with Crippen LogP contribution in [0.25, 0.3) is 6.08 Å². The number of esters is 1. The summed E-state index contributed by atoms with van der Waals surface area (Å²) in [4.78, 5) is 14.7. The van der Waals surface area contributed by atoms with Crippen molar-refractivity contribution in [2.75, 3.05) is 20.2 Å². The molecule has 2 fully saturated rings. The van der Waals surface area contributed by atoms with Gasteiger partial charge in [0, 0.05) is 18.7 Å². The molecule has 1 aromatic carbocycles. The number of piperidine rings is 1. The zero-order valence-electron chi connectivity index (χ0n) is 14.2. The van der Waals surface area contributed by atoms with Crippen LogP contribution in [0.2, 0.25) is 0 Å². The average molecular weight is 339 g/mol. The molecular formula is C20H21NO4. The predicted octanol–water partition coefficient (Wildman–Crippen LogP) is 3.72. The molecule has 2 aliphatic heterocycles. The van der Waals surface area contributed by atoms with Crippen molar-refractivity contribution in [3.8, 4) is 5.75 Å². The van der Waals surface area contributed by atoms with Crippen LogP contribution in [0.15, 0.2) is 52.8 Å². The summed E-state index contributed by atoms with van der Waals surface area (Å²) in [6, 6.07) is 11.3. The quantitative estimate of drug-likeness (QED) is 0.795. The Labute approximate surface area is 146 Å². The van der Waals surface area contributed by atoms with Crippen molar-refractivity contribution in [1.82, 2.24) is 4.90 Å². The van der Waals surface area contributed by atoms with E-state index in [9.17, 15) is 4.79 Å². The number of hydrogen-bond donors (Lipinski definition) is 0. The van der Waals surface area contributed by atoms with Gasteiger partial charge in [0.2, 0.25) is 5.76 Å². The van der Waals surface area contributed by atoms with E-state index in [1.54, 1.807) is 19.2 Å². The SMILES string of the molecule is COc1cccc(/C=C2\CC3(OC(=O)c4ccco4)CCCN2C3)c1. The largest absolute Gasteiger partial charge is 0.497 e. The van der Waals surface area contributed by atoms with E-state index in [1.807, 2.05) is 18.2 Å². The van der Waals surface area contributed by atoms with Crippen molar-refractivity contribution in [3.05, 3.63) is 59.7 Å². The molecule has 0 spiro atoms. The van der Waals surface area contributed by atoms with Gasteiger partial charge < -0.3 is 18.8 Å². The van der Waals surface area contributed by atoms with Gasteiger partial charge in [0.25, 0.3) is 0 Å². The van der Waals surface area contributed by atoms with Gasteiger partial charge in [-0.3, -0.25) is 0 Å². The number of furan rings is 1. The highest BCUT2D eigenvalue weighted by Gasteiger charge is 2.46. The van der Waals surface area contributed by atoms with E-state index >= 15 is 0 Å². The van der Waals surface area contributed by atoms with Crippen molar-refractivity contribution in [1.29, 1.82) is 0 Å². The van der Waals surface area contributed by atoms with Crippen LogP contribution in [-0.2, 0) is 4.74 Å². The first-order valence-corrected chi connectivity index (χ1v) is 8.54. The minimum Gasteiger partial charge on any atom is -0.497 e. The topological polar surface area (TPSA) is 51.9 Å². The van der Waals surface area contributed by atoms with Crippen LogP contribution in [0.3, 0.4) is 0 Å². The first kappa shape index (κ1) is 15.8. The molecule has 1 aromatic heterocycles. The van der Waals surface area contributed by atoms with Gasteiger partial charge >= 0.3 is 5.97 Å². The van der Waals surface area contributed by atoms with Crippen LogP contribution < -0.4 is 4.74 Å². The van der Waals surface area contributed by atoms with Gasteiger partial charge in [-0.2, -0.15) is 0 Å². The maximum absolute atomic E-state index is 12.3. The maximum atomic E-state index is 12.3.